The van der Waals surface area contributed by atoms with E-state index in [1.807, 2.05) is 20.8 Å². The zero-order valence-corrected chi connectivity index (χ0v) is 14.3. The number of rotatable bonds is 10. The summed E-state index contributed by atoms with van der Waals surface area (Å²) in [6, 6.07) is 0. The second kappa shape index (κ2) is 10.1. The molecule has 0 rings (SSSR count). The fraction of sp³-hybridized carbons (Fsp3) is 0.941. The van der Waals surface area contributed by atoms with Crippen LogP contribution in [0.5, 0.6) is 0 Å². The van der Waals surface area contributed by atoms with Gasteiger partial charge in [0, 0.05) is 5.41 Å². The Morgan fingerprint density at radius 2 is 1.70 bits per heavy atom. The lowest BCUT2D eigenvalue weighted by Gasteiger charge is -2.35. The molecule has 0 saturated heterocycles. The molecule has 0 aromatic rings. The van der Waals surface area contributed by atoms with E-state index in [9.17, 15) is 4.79 Å². The van der Waals surface area contributed by atoms with E-state index in [0.29, 0.717) is 12.5 Å². The normalized spacial score (nSPS) is 15.8. The summed E-state index contributed by atoms with van der Waals surface area (Å²) in [6.07, 6.45) is 6.32. The van der Waals surface area contributed by atoms with Crippen LogP contribution in [0, 0.1) is 11.3 Å². The number of hydrogen-bond acceptors (Lipinski definition) is 3. The molecule has 2 atom stereocenters. The van der Waals surface area contributed by atoms with Crippen LogP contribution in [-0.2, 0) is 9.47 Å². The van der Waals surface area contributed by atoms with Crippen molar-refractivity contribution in [2.45, 2.75) is 86.2 Å². The number of hydrogen-bond donors (Lipinski definition) is 0. The molecule has 0 radical (unpaired) electrons. The third-order valence-corrected chi connectivity index (χ3v) is 3.96. The molecular formula is C17H34O3. The molecule has 0 N–H and O–H groups in total. The zero-order chi connectivity index (χ0) is 15.6. The predicted molar refractivity (Wildman–Crippen MR) is 83.9 cm³/mol. The van der Waals surface area contributed by atoms with Crippen LogP contribution in [0.1, 0.15) is 80.1 Å². The highest BCUT2D eigenvalue weighted by atomic mass is 16.7. The Morgan fingerprint density at radius 1 is 1.05 bits per heavy atom. The van der Waals surface area contributed by atoms with Gasteiger partial charge in [0.1, 0.15) is 6.10 Å². The smallest absolute Gasteiger partial charge is 0.434 e. The third-order valence-electron chi connectivity index (χ3n) is 3.96. The summed E-state index contributed by atoms with van der Waals surface area (Å²) in [4.78, 5) is 11.7. The standard InChI is InChI=1S/C17H34O3/c1-7-9-10-12-17(6,11-8-2)15(5)20-16(18)19-13-14(3)4/h14-15H,7-13H2,1-6H3. The third kappa shape index (κ3) is 7.76. The number of ether oxygens (including phenoxy) is 2. The largest absolute Gasteiger partial charge is 0.508 e. The first-order valence-electron chi connectivity index (χ1n) is 8.19. The van der Waals surface area contributed by atoms with Gasteiger partial charge in [0.25, 0.3) is 0 Å². The van der Waals surface area contributed by atoms with Gasteiger partial charge in [0.2, 0.25) is 0 Å². The lowest BCUT2D eigenvalue weighted by Crippen LogP contribution is -2.34. The van der Waals surface area contributed by atoms with Crippen LogP contribution < -0.4 is 0 Å². The lowest BCUT2D eigenvalue weighted by atomic mass is 9.76. The molecule has 0 amide bonds. The van der Waals surface area contributed by atoms with E-state index in [4.69, 9.17) is 9.47 Å². The number of carbonyl (C=O) groups excluding carboxylic acids is 1. The number of unbranched alkanes of at least 4 members (excludes halogenated alkanes) is 2. The molecule has 3 nitrogen and oxygen atoms in total. The van der Waals surface area contributed by atoms with Crippen molar-refractivity contribution in [3.63, 3.8) is 0 Å². The molecule has 0 heterocycles. The van der Waals surface area contributed by atoms with Crippen LogP contribution in [0.25, 0.3) is 0 Å². The predicted octanol–water partition coefficient (Wildman–Crippen LogP) is 5.57. The molecule has 0 bridgehead atoms. The maximum Gasteiger partial charge on any atom is 0.508 e. The van der Waals surface area contributed by atoms with Gasteiger partial charge in [-0.15, -0.1) is 0 Å². The Labute approximate surface area is 125 Å². The average molecular weight is 286 g/mol. The molecule has 0 aliphatic rings. The van der Waals surface area contributed by atoms with Crippen molar-refractivity contribution in [3.05, 3.63) is 0 Å². The summed E-state index contributed by atoms with van der Waals surface area (Å²) in [5, 5.41) is 0. The van der Waals surface area contributed by atoms with Gasteiger partial charge in [-0.25, -0.2) is 4.79 Å². The van der Waals surface area contributed by atoms with E-state index in [1.165, 1.54) is 19.3 Å². The molecule has 2 unspecified atom stereocenters. The lowest BCUT2D eigenvalue weighted by molar-refractivity contribution is -0.0298. The van der Waals surface area contributed by atoms with Crippen LogP contribution in [0.2, 0.25) is 0 Å². The minimum atomic E-state index is -0.524. The zero-order valence-electron chi connectivity index (χ0n) is 14.3. The summed E-state index contributed by atoms with van der Waals surface area (Å²) < 4.78 is 10.6. The molecule has 3 heteroatoms. The molecular weight excluding hydrogens is 252 g/mol. The van der Waals surface area contributed by atoms with Gasteiger partial charge in [-0.1, -0.05) is 60.3 Å². The first-order valence-corrected chi connectivity index (χ1v) is 8.19. The summed E-state index contributed by atoms with van der Waals surface area (Å²) >= 11 is 0. The minimum Gasteiger partial charge on any atom is -0.434 e. The van der Waals surface area contributed by atoms with Crippen LogP contribution in [0.4, 0.5) is 4.79 Å². The van der Waals surface area contributed by atoms with Gasteiger partial charge in [0.05, 0.1) is 6.61 Å². The van der Waals surface area contributed by atoms with Gasteiger partial charge in [-0.3, -0.25) is 0 Å². The molecule has 0 fully saturated rings. The molecule has 0 aromatic carbocycles. The quantitative estimate of drug-likeness (QED) is 0.389. The van der Waals surface area contributed by atoms with E-state index >= 15 is 0 Å². The molecule has 0 saturated carbocycles. The van der Waals surface area contributed by atoms with Crippen molar-refractivity contribution in [2.75, 3.05) is 6.61 Å². The van der Waals surface area contributed by atoms with Crippen molar-refractivity contribution in [2.24, 2.45) is 11.3 Å². The first-order chi connectivity index (χ1) is 9.35. The number of carbonyl (C=O) groups is 1. The van der Waals surface area contributed by atoms with Crippen molar-refractivity contribution in [3.8, 4) is 0 Å². The van der Waals surface area contributed by atoms with Crippen molar-refractivity contribution >= 4 is 6.16 Å². The first kappa shape index (κ1) is 19.3. The highest BCUT2D eigenvalue weighted by Crippen LogP contribution is 2.35. The Balaban J connectivity index is 4.38. The summed E-state index contributed by atoms with van der Waals surface area (Å²) in [5.41, 5.74) is 0.0563. The van der Waals surface area contributed by atoms with Gasteiger partial charge in [-0.2, -0.15) is 0 Å². The SMILES string of the molecule is CCCCCC(C)(CCC)C(C)OC(=O)OCC(C)C. The minimum absolute atomic E-state index is 0.0563. The maximum absolute atomic E-state index is 11.7. The van der Waals surface area contributed by atoms with Crippen LogP contribution in [0.15, 0.2) is 0 Å². The molecule has 120 valence electrons. The molecule has 0 spiro atoms. The van der Waals surface area contributed by atoms with E-state index in [-0.39, 0.29) is 11.5 Å². The second-order valence-corrected chi connectivity index (χ2v) is 6.58. The van der Waals surface area contributed by atoms with Gasteiger partial charge >= 0.3 is 6.16 Å². The summed E-state index contributed by atoms with van der Waals surface area (Å²) in [7, 11) is 0. The highest BCUT2D eigenvalue weighted by Gasteiger charge is 2.33. The highest BCUT2D eigenvalue weighted by molar-refractivity contribution is 5.60. The van der Waals surface area contributed by atoms with E-state index in [0.717, 1.165) is 19.3 Å². The maximum atomic E-state index is 11.7. The topological polar surface area (TPSA) is 35.5 Å². The van der Waals surface area contributed by atoms with Crippen molar-refractivity contribution < 1.29 is 14.3 Å². The van der Waals surface area contributed by atoms with E-state index in [1.54, 1.807) is 0 Å². The van der Waals surface area contributed by atoms with Gasteiger partial charge in [0.15, 0.2) is 0 Å². The Hall–Kier alpha value is -0.730. The van der Waals surface area contributed by atoms with E-state index in [2.05, 4.69) is 20.8 Å². The van der Waals surface area contributed by atoms with Gasteiger partial charge < -0.3 is 9.47 Å². The molecule has 0 aliphatic carbocycles. The Morgan fingerprint density at radius 3 is 2.20 bits per heavy atom. The fourth-order valence-electron chi connectivity index (χ4n) is 2.44. The average Bonchev–Trinajstić information content (AvgIpc) is 2.37. The monoisotopic (exact) mass is 286 g/mol. The van der Waals surface area contributed by atoms with Crippen molar-refractivity contribution in [1.29, 1.82) is 0 Å². The van der Waals surface area contributed by atoms with E-state index < -0.39 is 6.16 Å². The second-order valence-electron chi connectivity index (χ2n) is 6.58. The molecule has 20 heavy (non-hydrogen) atoms. The summed E-state index contributed by atoms with van der Waals surface area (Å²) in [5.74, 6) is 0.337. The Bertz CT molecular complexity index is 263. The van der Waals surface area contributed by atoms with Crippen LogP contribution in [-0.4, -0.2) is 18.9 Å². The van der Waals surface area contributed by atoms with Crippen LogP contribution >= 0.6 is 0 Å². The Kier molecular flexibility index (Phi) is 9.70. The van der Waals surface area contributed by atoms with Gasteiger partial charge in [-0.05, 0) is 25.7 Å². The summed E-state index contributed by atoms with van der Waals surface area (Å²) in [6.45, 7) is 13.1. The fourth-order valence-corrected chi connectivity index (χ4v) is 2.44. The van der Waals surface area contributed by atoms with Crippen LogP contribution in [0.3, 0.4) is 0 Å². The molecule has 0 aromatic heterocycles. The van der Waals surface area contributed by atoms with Crippen molar-refractivity contribution in [1.82, 2.24) is 0 Å². The molecule has 0 aliphatic heterocycles.